The minimum Gasteiger partial charge on any atom is -0.312 e. The molecule has 0 saturated heterocycles. The summed E-state index contributed by atoms with van der Waals surface area (Å²) in [6, 6.07) is 8.95. The molecular formula is C16H25NS. The summed E-state index contributed by atoms with van der Waals surface area (Å²) in [5.41, 5.74) is 1.63. The Morgan fingerprint density at radius 1 is 1.28 bits per heavy atom. The molecule has 0 heterocycles. The second-order valence-corrected chi connectivity index (χ2v) is 7.16. The summed E-state index contributed by atoms with van der Waals surface area (Å²) in [6.45, 7) is 14.6. The van der Waals surface area contributed by atoms with Crippen LogP contribution in [-0.2, 0) is 5.41 Å². The molecule has 0 amide bonds. The van der Waals surface area contributed by atoms with Gasteiger partial charge in [0.2, 0.25) is 0 Å². The SMILES string of the molecule is C=CCNCC(C)Sc1ccc(C(C)(C)C)cc1. The third-order valence-electron chi connectivity index (χ3n) is 2.78. The van der Waals surface area contributed by atoms with Crippen LogP contribution in [0, 0.1) is 0 Å². The number of rotatable bonds is 6. The molecule has 1 N–H and O–H groups in total. The highest BCUT2D eigenvalue weighted by Crippen LogP contribution is 2.27. The molecule has 1 rings (SSSR count). The van der Waals surface area contributed by atoms with E-state index in [-0.39, 0.29) is 5.41 Å². The average Bonchev–Trinajstić information content (AvgIpc) is 2.29. The van der Waals surface area contributed by atoms with E-state index in [1.54, 1.807) is 0 Å². The molecule has 0 bridgehead atoms. The van der Waals surface area contributed by atoms with Gasteiger partial charge in [-0.3, -0.25) is 0 Å². The fraction of sp³-hybridized carbons (Fsp3) is 0.500. The Labute approximate surface area is 116 Å². The van der Waals surface area contributed by atoms with Gasteiger partial charge in [0.25, 0.3) is 0 Å². The molecule has 0 radical (unpaired) electrons. The Morgan fingerprint density at radius 3 is 2.39 bits per heavy atom. The topological polar surface area (TPSA) is 12.0 Å². The van der Waals surface area contributed by atoms with Gasteiger partial charge in [-0.2, -0.15) is 0 Å². The fourth-order valence-electron chi connectivity index (χ4n) is 1.70. The van der Waals surface area contributed by atoms with Crippen molar-refractivity contribution in [2.24, 2.45) is 0 Å². The van der Waals surface area contributed by atoms with E-state index in [1.807, 2.05) is 17.8 Å². The number of nitrogens with one attached hydrogen (secondary N) is 1. The summed E-state index contributed by atoms with van der Waals surface area (Å²) in [5, 5.41) is 3.93. The van der Waals surface area contributed by atoms with Gasteiger partial charge in [-0.1, -0.05) is 45.9 Å². The Bertz CT molecular complexity index is 362. The number of thioether (sulfide) groups is 1. The summed E-state index contributed by atoms with van der Waals surface area (Å²) in [6.07, 6.45) is 1.90. The molecule has 0 fully saturated rings. The molecule has 1 atom stereocenters. The average molecular weight is 263 g/mol. The van der Waals surface area contributed by atoms with Gasteiger partial charge in [0.1, 0.15) is 0 Å². The lowest BCUT2D eigenvalue weighted by atomic mass is 9.87. The molecule has 1 unspecified atom stereocenters. The monoisotopic (exact) mass is 263 g/mol. The third kappa shape index (κ3) is 5.28. The van der Waals surface area contributed by atoms with Crippen LogP contribution < -0.4 is 5.32 Å². The number of benzene rings is 1. The molecule has 2 heteroatoms. The highest BCUT2D eigenvalue weighted by Gasteiger charge is 2.13. The summed E-state index contributed by atoms with van der Waals surface area (Å²) in [7, 11) is 0. The minimum absolute atomic E-state index is 0.236. The molecule has 1 aromatic carbocycles. The zero-order chi connectivity index (χ0) is 13.6. The van der Waals surface area contributed by atoms with Gasteiger partial charge in [0, 0.05) is 23.2 Å². The number of hydrogen-bond acceptors (Lipinski definition) is 2. The molecule has 18 heavy (non-hydrogen) atoms. The van der Waals surface area contributed by atoms with Crippen LogP contribution in [0.3, 0.4) is 0 Å². The van der Waals surface area contributed by atoms with Gasteiger partial charge in [-0.15, -0.1) is 18.3 Å². The molecule has 0 aliphatic rings. The van der Waals surface area contributed by atoms with E-state index in [1.165, 1.54) is 10.5 Å². The molecule has 0 spiro atoms. The normalized spacial score (nSPS) is 13.3. The highest BCUT2D eigenvalue weighted by molar-refractivity contribution is 8.00. The van der Waals surface area contributed by atoms with Crippen LogP contribution >= 0.6 is 11.8 Å². The minimum atomic E-state index is 0.236. The molecule has 1 nitrogen and oxygen atoms in total. The molecule has 0 aliphatic heterocycles. The van der Waals surface area contributed by atoms with Gasteiger partial charge in [-0.05, 0) is 23.1 Å². The van der Waals surface area contributed by atoms with Gasteiger partial charge in [0.05, 0.1) is 0 Å². The quantitative estimate of drug-likeness (QED) is 0.468. The van der Waals surface area contributed by atoms with Crippen LogP contribution in [-0.4, -0.2) is 18.3 Å². The molecule has 1 aromatic rings. The molecule has 100 valence electrons. The molecule has 0 saturated carbocycles. The Kier molecular flexibility index (Phi) is 5.97. The van der Waals surface area contributed by atoms with Crippen molar-refractivity contribution in [2.75, 3.05) is 13.1 Å². The van der Waals surface area contributed by atoms with Crippen molar-refractivity contribution in [2.45, 2.75) is 43.3 Å². The standard InChI is InChI=1S/C16H25NS/c1-6-11-17-12-13(2)18-15-9-7-14(8-10-15)16(3,4)5/h6-10,13,17H,1,11-12H2,2-5H3. The summed E-state index contributed by atoms with van der Waals surface area (Å²) in [5.74, 6) is 0. The fourth-order valence-corrected chi connectivity index (χ4v) is 2.66. The zero-order valence-corrected chi connectivity index (χ0v) is 12.8. The van der Waals surface area contributed by atoms with E-state index in [9.17, 15) is 0 Å². The summed E-state index contributed by atoms with van der Waals surface area (Å²) < 4.78 is 0. The van der Waals surface area contributed by atoms with Crippen LogP contribution in [0.5, 0.6) is 0 Å². The van der Waals surface area contributed by atoms with Gasteiger partial charge in [-0.25, -0.2) is 0 Å². The molecule has 0 aliphatic carbocycles. The molecule has 0 aromatic heterocycles. The lowest BCUT2D eigenvalue weighted by Gasteiger charge is -2.19. The Balaban J connectivity index is 2.50. The first-order valence-electron chi connectivity index (χ1n) is 6.52. The summed E-state index contributed by atoms with van der Waals surface area (Å²) in [4.78, 5) is 1.34. The summed E-state index contributed by atoms with van der Waals surface area (Å²) >= 11 is 1.92. The van der Waals surface area contributed by atoms with E-state index >= 15 is 0 Å². The lowest BCUT2D eigenvalue weighted by Crippen LogP contribution is -2.22. The second kappa shape index (κ2) is 7.01. The maximum atomic E-state index is 3.70. The van der Waals surface area contributed by atoms with Gasteiger partial charge < -0.3 is 5.32 Å². The van der Waals surface area contributed by atoms with E-state index in [0.29, 0.717) is 5.25 Å². The smallest absolute Gasteiger partial charge is 0.0191 e. The number of hydrogen-bond donors (Lipinski definition) is 1. The van der Waals surface area contributed by atoms with Crippen molar-refractivity contribution in [1.82, 2.24) is 5.32 Å². The van der Waals surface area contributed by atoms with Crippen molar-refractivity contribution in [1.29, 1.82) is 0 Å². The van der Waals surface area contributed by atoms with Crippen molar-refractivity contribution >= 4 is 11.8 Å². The van der Waals surface area contributed by atoms with Crippen molar-refractivity contribution in [3.05, 3.63) is 42.5 Å². The molecular weight excluding hydrogens is 238 g/mol. The Hall–Kier alpha value is -0.730. The van der Waals surface area contributed by atoms with E-state index in [2.05, 4.69) is 63.9 Å². The maximum Gasteiger partial charge on any atom is 0.0191 e. The van der Waals surface area contributed by atoms with Crippen LogP contribution in [0.25, 0.3) is 0 Å². The first-order valence-corrected chi connectivity index (χ1v) is 7.40. The third-order valence-corrected chi connectivity index (χ3v) is 3.89. The highest BCUT2D eigenvalue weighted by atomic mass is 32.2. The van der Waals surface area contributed by atoms with Crippen molar-refractivity contribution < 1.29 is 0 Å². The van der Waals surface area contributed by atoms with Crippen LogP contribution in [0.2, 0.25) is 0 Å². The Morgan fingerprint density at radius 2 is 1.89 bits per heavy atom. The van der Waals surface area contributed by atoms with E-state index in [4.69, 9.17) is 0 Å². The predicted octanol–water partition coefficient (Wildman–Crippen LogP) is 4.24. The first-order chi connectivity index (χ1) is 8.43. The predicted molar refractivity (Wildman–Crippen MR) is 83.5 cm³/mol. The van der Waals surface area contributed by atoms with Crippen molar-refractivity contribution in [3.63, 3.8) is 0 Å². The lowest BCUT2D eigenvalue weighted by molar-refractivity contribution is 0.589. The van der Waals surface area contributed by atoms with Crippen LogP contribution in [0.15, 0.2) is 41.8 Å². The first kappa shape index (κ1) is 15.3. The zero-order valence-electron chi connectivity index (χ0n) is 12.0. The van der Waals surface area contributed by atoms with Crippen LogP contribution in [0.4, 0.5) is 0 Å². The van der Waals surface area contributed by atoms with Crippen molar-refractivity contribution in [3.8, 4) is 0 Å². The van der Waals surface area contributed by atoms with E-state index in [0.717, 1.165) is 13.1 Å². The van der Waals surface area contributed by atoms with Crippen LogP contribution in [0.1, 0.15) is 33.3 Å². The van der Waals surface area contributed by atoms with Gasteiger partial charge >= 0.3 is 0 Å². The van der Waals surface area contributed by atoms with Gasteiger partial charge in [0.15, 0.2) is 0 Å². The van der Waals surface area contributed by atoms with E-state index < -0.39 is 0 Å². The largest absolute Gasteiger partial charge is 0.312 e. The second-order valence-electron chi connectivity index (χ2n) is 5.65. The maximum absolute atomic E-state index is 3.70.